The van der Waals surface area contributed by atoms with Crippen LogP contribution in [0.4, 0.5) is 4.79 Å². The lowest BCUT2D eigenvalue weighted by Gasteiger charge is -2.35. The van der Waals surface area contributed by atoms with E-state index in [9.17, 15) is 14.7 Å². The van der Waals surface area contributed by atoms with Crippen molar-refractivity contribution in [1.82, 2.24) is 14.5 Å². The summed E-state index contributed by atoms with van der Waals surface area (Å²) in [5, 5.41) is 10.0. The highest BCUT2D eigenvalue weighted by Crippen LogP contribution is 2.34. The van der Waals surface area contributed by atoms with E-state index >= 15 is 0 Å². The van der Waals surface area contributed by atoms with Gasteiger partial charge in [0.05, 0.1) is 11.7 Å². The molecule has 0 saturated carbocycles. The molecule has 1 amide bonds. The maximum Gasteiger partial charge on any atom is 0.415 e. The van der Waals surface area contributed by atoms with E-state index in [0.717, 1.165) is 22.9 Å². The fourth-order valence-corrected chi connectivity index (χ4v) is 3.88. The summed E-state index contributed by atoms with van der Waals surface area (Å²) in [6, 6.07) is 7.14. The molecule has 0 spiro atoms. The third-order valence-electron chi connectivity index (χ3n) is 5.36. The van der Waals surface area contributed by atoms with Crippen molar-refractivity contribution in [3.05, 3.63) is 54.0 Å². The number of ether oxygens (including phenoxy) is 1. The molecule has 2 aromatic heterocycles. The molecule has 4 rings (SSSR count). The van der Waals surface area contributed by atoms with Gasteiger partial charge in [-0.1, -0.05) is 6.92 Å². The molecule has 0 bridgehead atoms. The summed E-state index contributed by atoms with van der Waals surface area (Å²) in [6.07, 6.45) is 6.10. The number of fused-ring (bicyclic) bond motifs is 2. The third kappa shape index (κ3) is 3.55. The number of amides is 1. The number of rotatable bonds is 4. The average Bonchev–Trinajstić information content (AvgIpc) is 3.12. The van der Waals surface area contributed by atoms with E-state index in [1.807, 2.05) is 17.9 Å². The van der Waals surface area contributed by atoms with E-state index in [4.69, 9.17) is 4.74 Å². The van der Waals surface area contributed by atoms with Crippen molar-refractivity contribution in [3.63, 3.8) is 0 Å². The number of benzene rings is 1. The maximum absolute atomic E-state index is 12.4. The highest BCUT2D eigenvalue weighted by atomic mass is 16.5. The van der Waals surface area contributed by atoms with Gasteiger partial charge in [0.15, 0.2) is 0 Å². The quantitative estimate of drug-likeness (QED) is 0.709. The zero-order valence-corrected chi connectivity index (χ0v) is 16.5. The number of carbonyl (C=O) groups excluding carboxylic acids is 1. The topological polar surface area (TPSA) is 84.7 Å². The van der Waals surface area contributed by atoms with Crippen molar-refractivity contribution >= 4 is 22.9 Å². The molecule has 0 fully saturated rings. The Morgan fingerprint density at radius 3 is 2.86 bits per heavy atom. The second-order valence-electron chi connectivity index (χ2n) is 7.39. The number of hydrogen-bond donors (Lipinski definition) is 1. The van der Waals surface area contributed by atoms with Gasteiger partial charge in [-0.3, -0.25) is 14.3 Å². The van der Waals surface area contributed by atoms with Crippen LogP contribution in [0.25, 0.3) is 10.9 Å². The zero-order valence-electron chi connectivity index (χ0n) is 16.5. The van der Waals surface area contributed by atoms with Gasteiger partial charge < -0.3 is 14.7 Å². The molecule has 0 radical (unpaired) electrons. The van der Waals surface area contributed by atoms with Gasteiger partial charge in [-0.15, -0.1) is 0 Å². The molecule has 0 saturated heterocycles. The predicted octanol–water partition coefficient (Wildman–Crippen LogP) is 4.43. The van der Waals surface area contributed by atoms with E-state index in [1.54, 1.807) is 30.6 Å². The number of aromatic nitrogens is 2. The molecule has 1 aliphatic rings. The smallest absolute Gasteiger partial charge is 0.415 e. The number of nitrogens with zero attached hydrogens (tertiary/aromatic N) is 3. The molecule has 29 heavy (non-hydrogen) atoms. The lowest BCUT2D eigenvalue weighted by atomic mass is 9.95. The second-order valence-corrected chi connectivity index (χ2v) is 7.39. The first-order valence-electron chi connectivity index (χ1n) is 9.75. The predicted molar refractivity (Wildman–Crippen MR) is 108 cm³/mol. The lowest BCUT2D eigenvalue weighted by molar-refractivity contribution is -0.134. The SMILES string of the molecule is CCCC(=O)N1Cc2cncc(Oc3ccc4c(ccn4C(=O)O)c3)c2C[C@@H]1C. The molecule has 1 atom stereocenters. The maximum atomic E-state index is 12.4. The lowest BCUT2D eigenvalue weighted by Crippen LogP contribution is -2.42. The second kappa shape index (κ2) is 7.58. The number of carbonyl (C=O) groups is 2. The number of carboxylic acid groups (broad SMARTS) is 1. The third-order valence-corrected chi connectivity index (χ3v) is 5.36. The Hall–Kier alpha value is -3.35. The molecule has 1 aliphatic heterocycles. The van der Waals surface area contributed by atoms with E-state index in [2.05, 4.69) is 11.9 Å². The fourth-order valence-electron chi connectivity index (χ4n) is 3.88. The van der Waals surface area contributed by atoms with Crippen molar-refractivity contribution in [3.8, 4) is 11.5 Å². The highest BCUT2D eigenvalue weighted by Gasteiger charge is 2.28. The molecule has 7 nitrogen and oxygen atoms in total. The van der Waals surface area contributed by atoms with Gasteiger partial charge in [0.2, 0.25) is 5.91 Å². The van der Waals surface area contributed by atoms with Gasteiger partial charge >= 0.3 is 6.09 Å². The van der Waals surface area contributed by atoms with Crippen LogP contribution >= 0.6 is 0 Å². The molecule has 1 aromatic carbocycles. The molecule has 150 valence electrons. The van der Waals surface area contributed by atoms with E-state index in [1.165, 1.54) is 10.8 Å². The first-order chi connectivity index (χ1) is 14.0. The van der Waals surface area contributed by atoms with Crippen molar-refractivity contribution in [2.24, 2.45) is 0 Å². The Kier molecular flexibility index (Phi) is 4.96. The molecule has 7 heteroatoms. The van der Waals surface area contributed by atoms with Gasteiger partial charge in [-0.05, 0) is 49.6 Å². The molecule has 1 N–H and O–H groups in total. The van der Waals surface area contributed by atoms with Crippen LogP contribution in [0.5, 0.6) is 11.5 Å². The number of pyridine rings is 1. The van der Waals surface area contributed by atoms with Crippen LogP contribution in [0.2, 0.25) is 0 Å². The Labute approximate surface area is 168 Å². The van der Waals surface area contributed by atoms with Crippen LogP contribution in [0.15, 0.2) is 42.9 Å². The van der Waals surface area contributed by atoms with Crippen LogP contribution in [0.1, 0.15) is 37.8 Å². The summed E-state index contributed by atoms with van der Waals surface area (Å²) in [5.74, 6) is 1.47. The highest BCUT2D eigenvalue weighted by molar-refractivity contribution is 5.89. The Balaban J connectivity index is 1.61. The zero-order chi connectivity index (χ0) is 20.5. The van der Waals surface area contributed by atoms with Gasteiger partial charge in [-0.2, -0.15) is 0 Å². The summed E-state index contributed by atoms with van der Waals surface area (Å²) in [6.45, 7) is 4.61. The van der Waals surface area contributed by atoms with Crippen LogP contribution in [0, 0.1) is 0 Å². The average molecular weight is 393 g/mol. The fraction of sp³-hybridized carbons (Fsp3) is 0.318. The van der Waals surface area contributed by atoms with Crippen LogP contribution in [0.3, 0.4) is 0 Å². The summed E-state index contributed by atoms with van der Waals surface area (Å²) >= 11 is 0. The Bertz CT molecular complexity index is 1090. The van der Waals surface area contributed by atoms with E-state index in [0.29, 0.717) is 36.4 Å². The van der Waals surface area contributed by atoms with E-state index in [-0.39, 0.29) is 11.9 Å². The van der Waals surface area contributed by atoms with Gasteiger partial charge in [-0.25, -0.2) is 4.79 Å². The molecule has 0 unspecified atom stereocenters. The first kappa shape index (κ1) is 19.0. The Morgan fingerprint density at radius 1 is 1.28 bits per heavy atom. The molecule has 3 heterocycles. The number of hydrogen-bond acceptors (Lipinski definition) is 4. The van der Waals surface area contributed by atoms with Crippen molar-refractivity contribution in [1.29, 1.82) is 0 Å². The molecule has 0 aliphatic carbocycles. The molecule has 3 aromatic rings. The van der Waals surface area contributed by atoms with Crippen LogP contribution in [-0.4, -0.2) is 37.6 Å². The minimum Gasteiger partial charge on any atom is -0.464 e. The van der Waals surface area contributed by atoms with Crippen molar-refractivity contribution in [2.45, 2.75) is 45.7 Å². The van der Waals surface area contributed by atoms with Gasteiger partial charge in [0.25, 0.3) is 0 Å². The summed E-state index contributed by atoms with van der Waals surface area (Å²) in [4.78, 5) is 29.9. The van der Waals surface area contributed by atoms with Gasteiger partial charge in [0.1, 0.15) is 11.5 Å². The summed E-state index contributed by atoms with van der Waals surface area (Å²) < 4.78 is 7.30. The summed E-state index contributed by atoms with van der Waals surface area (Å²) in [7, 11) is 0. The normalized spacial score (nSPS) is 15.9. The molecular formula is C22H23N3O4. The monoisotopic (exact) mass is 393 g/mol. The van der Waals surface area contributed by atoms with Gasteiger partial charge in [0, 0.05) is 42.4 Å². The Morgan fingerprint density at radius 2 is 2.10 bits per heavy atom. The molecular weight excluding hydrogens is 370 g/mol. The van der Waals surface area contributed by atoms with E-state index < -0.39 is 6.09 Å². The largest absolute Gasteiger partial charge is 0.464 e. The van der Waals surface area contributed by atoms with Crippen molar-refractivity contribution in [2.75, 3.05) is 0 Å². The standard InChI is InChI=1S/C22H23N3O4/c1-3-4-21(26)25-13-16-11-23-12-20(18(16)9-14(25)2)29-17-5-6-19-15(10-17)7-8-24(19)22(27)28/h5-8,10-12,14H,3-4,9,13H2,1-2H3,(H,27,28)/t14-/m0/s1. The minimum absolute atomic E-state index is 0.0957. The van der Waals surface area contributed by atoms with Crippen LogP contribution in [-0.2, 0) is 17.8 Å². The summed E-state index contributed by atoms with van der Waals surface area (Å²) in [5.41, 5.74) is 2.68. The van der Waals surface area contributed by atoms with Crippen LogP contribution < -0.4 is 4.74 Å². The first-order valence-corrected chi connectivity index (χ1v) is 9.75. The minimum atomic E-state index is -1.02. The van der Waals surface area contributed by atoms with Crippen molar-refractivity contribution < 1.29 is 19.4 Å².